The number of hydrogen-bond acceptors (Lipinski definition) is 0. The second-order valence-electron chi connectivity index (χ2n) is 7.77. The molecule has 0 atom stereocenters. The molecule has 0 saturated carbocycles. The van der Waals surface area contributed by atoms with Crippen LogP contribution >= 0.6 is 0 Å². The zero-order valence-corrected chi connectivity index (χ0v) is 15.9. The summed E-state index contributed by atoms with van der Waals surface area (Å²) >= 11 is 0. The summed E-state index contributed by atoms with van der Waals surface area (Å²) in [5.41, 5.74) is 11.1. The Morgan fingerprint density at radius 2 is 1.64 bits per heavy atom. The van der Waals surface area contributed by atoms with Gasteiger partial charge in [-0.05, 0) is 58.9 Å². The number of aromatic nitrogens is 1. The summed E-state index contributed by atoms with van der Waals surface area (Å²) in [6.45, 7) is 9.19. The maximum Gasteiger partial charge on any atom is 0.212 e. The molecule has 0 unspecified atom stereocenters. The monoisotopic (exact) mass is 328 g/mol. The second kappa shape index (κ2) is 5.56. The van der Waals surface area contributed by atoms with E-state index in [1.165, 1.54) is 44.6 Å². The Morgan fingerprint density at radius 1 is 0.880 bits per heavy atom. The molecule has 1 aliphatic carbocycles. The maximum atomic E-state index is 2.42. The van der Waals surface area contributed by atoms with Crippen LogP contribution in [0.2, 0.25) is 0 Å². The van der Waals surface area contributed by atoms with Gasteiger partial charge < -0.3 is 0 Å². The highest BCUT2D eigenvalue weighted by molar-refractivity contribution is 5.84. The maximum absolute atomic E-state index is 2.42. The van der Waals surface area contributed by atoms with Gasteiger partial charge in [0.25, 0.3) is 0 Å². The summed E-state index contributed by atoms with van der Waals surface area (Å²) in [5, 5.41) is 0. The largest absolute Gasteiger partial charge is 0.212 e. The third-order valence-electron chi connectivity index (χ3n) is 5.82. The third-order valence-corrected chi connectivity index (χ3v) is 5.82. The van der Waals surface area contributed by atoms with Crippen LogP contribution in [-0.4, -0.2) is 0 Å². The molecule has 3 aromatic rings. The molecule has 0 aliphatic heterocycles. The van der Waals surface area contributed by atoms with Gasteiger partial charge in [-0.2, -0.15) is 0 Å². The number of nitrogens with zero attached hydrogens (tertiary/aromatic N) is 1. The van der Waals surface area contributed by atoms with Gasteiger partial charge in [0.15, 0.2) is 6.20 Å². The molecule has 1 heteroatoms. The minimum Gasteiger partial charge on any atom is -0.201 e. The standard InChI is InChI=1S/C24H26N/c1-6-17-10-11-18-20-13-16(2)19(23-9-7-8-12-25(23)5)15-22(20)24(3,4)21(18)14-17/h7-15H,6H2,1-5H3/q+1. The van der Waals surface area contributed by atoms with E-state index in [0.29, 0.717) is 0 Å². The van der Waals surface area contributed by atoms with Crippen molar-refractivity contribution in [1.29, 1.82) is 0 Å². The molecule has 0 spiro atoms. The Morgan fingerprint density at radius 3 is 2.36 bits per heavy atom. The molecule has 0 radical (unpaired) electrons. The first-order chi connectivity index (χ1) is 11.9. The molecule has 25 heavy (non-hydrogen) atoms. The number of benzene rings is 2. The Labute approximate surface area is 151 Å². The van der Waals surface area contributed by atoms with Crippen LogP contribution in [0.5, 0.6) is 0 Å². The fourth-order valence-corrected chi connectivity index (χ4v) is 4.24. The van der Waals surface area contributed by atoms with E-state index in [2.05, 4.69) is 94.0 Å². The second-order valence-corrected chi connectivity index (χ2v) is 7.77. The average molecular weight is 328 g/mol. The lowest BCUT2D eigenvalue weighted by Gasteiger charge is -2.22. The van der Waals surface area contributed by atoms with Crippen molar-refractivity contribution in [1.82, 2.24) is 0 Å². The first-order valence-corrected chi connectivity index (χ1v) is 9.17. The van der Waals surface area contributed by atoms with E-state index in [0.717, 1.165) is 6.42 Å². The van der Waals surface area contributed by atoms with E-state index < -0.39 is 0 Å². The highest BCUT2D eigenvalue weighted by atomic mass is 14.9. The minimum atomic E-state index is 0.0473. The molecule has 1 heterocycles. The quantitative estimate of drug-likeness (QED) is 0.558. The smallest absolute Gasteiger partial charge is 0.201 e. The topological polar surface area (TPSA) is 3.88 Å². The summed E-state index contributed by atoms with van der Waals surface area (Å²) in [4.78, 5) is 0. The van der Waals surface area contributed by atoms with Crippen molar-refractivity contribution in [2.45, 2.75) is 39.5 Å². The van der Waals surface area contributed by atoms with Crippen LogP contribution in [-0.2, 0) is 18.9 Å². The Bertz CT molecular complexity index is 979. The first kappa shape index (κ1) is 16.1. The molecule has 0 N–H and O–H groups in total. The average Bonchev–Trinajstić information content (AvgIpc) is 2.82. The van der Waals surface area contributed by atoms with Gasteiger partial charge in [0, 0.05) is 23.1 Å². The summed E-state index contributed by atoms with van der Waals surface area (Å²) in [7, 11) is 2.12. The van der Waals surface area contributed by atoms with Crippen LogP contribution in [0.15, 0.2) is 54.7 Å². The molecular weight excluding hydrogens is 302 g/mol. The molecule has 0 saturated heterocycles. The number of pyridine rings is 1. The van der Waals surface area contributed by atoms with Crippen molar-refractivity contribution in [2.24, 2.45) is 7.05 Å². The fraction of sp³-hybridized carbons (Fsp3) is 0.292. The predicted octanol–water partition coefficient (Wildman–Crippen LogP) is 5.36. The van der Waals surface area contributed by atoms with Gasteiger partial charge in [-0.25, -0.2) is 4.57 Å². The number of hydrogen-bond donors (Lipinski definition) is 0. The van der Waals surface area contributed by atoms with Gasteiger partial charge in [0.05, 0.1) is 0 Å². The van der Waals surface area contributed by atoms with Gasteiger partial charge in [0.2, 0.25) is 5.69 Å². The van der Waals surface area contributed by atoms with Gasteiger partial charge in [-0.15, -0.1) is 0 Å². The number of fused-ring (bicyclic) bond motifs is 3. The highest BCUT2D eigenvalue weighted by Crippen LogP contribution is 2.50. The van der Waals surface area contributed by atoms with Crippen LogP contribution in [0.25, 0.3) is 22.4 Å². The number of aryl methyl sites for hydroxylation is 3. The molecule has 0 bridgehead atoms. The molecule has 126 valence electrons. The van der Waals surface area contributed by atoms with E-state index >= 15 is 0 Å². The summed E-state index contributed by atoms with van der Waals surface area (Å²) in [6, 6.07) is 18.2. The SMILES string of the molecule is CCc1ccc2c(c1)C(C)(C)c1cc(-c3cccc[n+]3C)c(C)cc1-2. The van der Waals surface area contributed by atoms with Crippen LogP contribution < -0.4 is 4.57 Å². The van der Waals surface area contributed by atoms with Crippen molar-refractivity contribution < 1.29 is 4.57 Å². The molecule has 2 aromatic carbocycles. The predicted molar refractivity (Wildman–Crippen MR) is 105 cm³/mol. The van der Waals surface area contributed by atoms with E-state index in [-0.39, 0.29) is 5.41 Å². The van der Waals surface area contributed by atoms with Crippen molar-refractivity contribution in [2.75, 3.05) is 0 Å². The molecule has 4 rings (SSSR count). The number of rotatable bonds is 2. The normalized spacial score (nSPS) is 14.3. The van der Waals surface area contributed by atoms with Crippen molar-refractivity contribution in [3.8, 4) is 22.4 Å². The first-order valence-electron chi connectivity index (χ1n) is 9.17. The van der Waals surface area contributed by atoms with Gasteiger partial charge in [-0.3, -0.25) is 0 Å². The zero-order chi connectivity index (χ0) is 17.8. The van der Waals surface area contributed by atoms with Crippen molar-refractivity contribution in [3.63, 3.8) is 0 Å². The van der Waals surface area contributed by atoms with E-state index in [9.17, 15) is 0 Å². The highest BCUT2D eigenvalue weighted by Gasteiger charge is 2.36. The molecule has 1 nitrogen and oxygen atoms in total. The Hall–Kier alpha value is -2.41. The molecule has 1 aliphatic rings. The van der Waals surface area contributed by atoms with E-state index in [1.807, 2.05) is 0 Å². The zero-order valence-electron chi connectivity index (χ0n) is 15.9. The minimum absolute atomic E-state index is 0.0473. The van der Waals surface area contributed by atoms with Gasteiger partial charge in [0.1, 0.15) is 7.05 Å². The van der Waals surface area contributed by atoms with Crippen LogP contribution in [0.1, 0.15) is 43.0 Å². The lowest BCUT2D eigenvalue weighted by atomic mass is 9.81. The van der Waals surface area contributed by atoms with Crippen molar-refractivity contribution >= 4 is 0 Å². The summed E-state index contributed by atoms with van der Waals surface area (Å²) in [5.74, 6) is 0. The lowest BCUT2D eigenvalue weighted by molar-refractivity contribution is -0.660. The summed E-state index contributed by atoms with van der Waals surface area (Å²) in [6.07, 6.45) is 3.21. The van der Waals surface area contributed by atoms with Crippen LogP contribution in [0.4, 0.5) is 0 Å². The van der Waals surface area contributed by atoms with E-state index in [4.69, 9.17) is 0 Å². The van der Waals surface area contributed by atoms with Crippen molar-refractivity contribution in [3.05, 3.63) is 77.0 Å². The molecular formula is C24H26N+. The third kappa shape index (κ3) is 2.33. The van der Waals surface area contributed by atoms with Crippen LogP contribution in [0, 0.1) is 6.92 Å². The molecule has 0 fully saturated rings. The van der Waals surface area contributed by atoms with E-state index in [1.54, 1.807) is 0 Å². The Balaban J connectivity index is 1.97. The van der Waals surface area contributed by atoms with Gasteiger partial charge >= 0.3 is 0 Å². The molecule has 0 amide bonds. The Kier molecular flexibility index (Phi) is 3.57. The van der Waals surface area contributed by atoms with Gasteiger partial charge in [-0.1, -0.05) is 45.0 Å². The fourth-order valence-electron chi connectivity index (χ4n) is 4.24. The van der Waals surface area contributed by atoms with Crippen LogP contribution in [0.3, 0.4) is 0 Å². The summed E-state index contributed by atoms with van der Waals surface area (Å²) < 4.78 is 2.21. The molecule has 1 aromatic heterocycles. The lowest BCUT2D eigenvalue weighted by Crippen LogP contribution is -2.30.